The molecule has 9 nitrogen and oxygen atoms in total. The number of hydrogen-bond acceptors (Lipinski definition) is 6. The molecule has 5 rings (SSSR count). The number of nitrogens with zero attached hydrogens (tertiary/aromatic N) is 7. The minimum Gasteiger partial charge on any atom is -0.355 e. The Hall–Kier alpha value is -3.75. The molecule has 0 bridgehead atoms. The fraction of sp³-hybridized carbons (Fsp3) is 0.375. The largest absolute Gasteiger partial charge is 0.355 e. The fourth-order valence-electron chi connectivity index (χ4n) is 4.68. The third kappa shape index (κ3) is 3.83. The molecule has 0 aromatic carbocycles. The summed E-state index contributed by atoms with van der Waals surface area (Å²) in [6, 6.07) is 8.86. The number of imidazole rings is 1. The molecule has 0 radical (unpaired) electrons. The Labute approximate surface area is 194 Å². The molecule has 0 saturated carbocycles. The topological polar surface area (TPSA) is 93.8 Å². The summed E-state index contributed by atoms with van der Waals surface area (Å²) < 4.78 is 3.81. The number of amides is 1. The van der Waals surface area contributed by atoms with Gasteiger partial charge in [-0.15, -0.1) is 0 Å². The van der Waals surface area contributed by atoms with Crippen molar-refractivity contribution in [3.05, 3.63) is 54.1 Å². The van der Waals surface area contributed by atoms with Crippen LogP contribution in [0.3, 0.4) is 0 Å². The van der Waals surface area contributed by atoms with Crippen molar-refractivity contribution in [2.45, 2.75) is 45.3 Å². The number of fused-ring (bicyclic) bond motifs is 1. The van der Waals surface area contributed by atoms with Gasteiger partial charge in [0.1, 0.15) is 17.2 Å². The quantitative estimate of drug-likeness (QED) is 0.506. The van der Waals surface area contributed by atoms with Crippen LogP contribution in [0.15, 0.2) is 42.9 Å². The minimum atomic E-state index is -0.190. The van der Waals surface area contributed by atoms with E-state index in [2.05, 4.69) is 46.3 Å². The number of aromatic nitrogens is 6. The Morgan fingerprint density at radius 3 is 2.58 bits per heavy atom. The van der Waals surface area contributed by atoms with Crippen molar-refractivity contribution in [3.8, 4) is 11.4 Å². The van der Waals surface area contributed by atoms with E-state index in [1.807, 2.05) is 30.1 Å². The van der Waals surface area contributed by atoms with Crippen molar-refractivity contribution in [2.24, 2.45) is 7.05 Å². The average Bonchev–Trinajstić information content (AvgIpc) is 3.50. The van der Waals surface area contributed by atoms with Crippen LogP contribution in [0, 0.1) is 0 Å². The van der Waals surface area contributed by atoms with Crippen molar-refractivity contribution < 1.29 is 6.22 Å². The van der Waals surface area contributed by atoms with E-state index >= 15 is 0 Å². The number of aryl methyl sites for hydroxylation is 1. The summed E-state index contributed by atoms with van der Waals surface area (Å²) in [5.74, 6) is 1.55. The molecule has 1 fully saturated rings. The van der Waals surface area contributed by atoms with E-state index in [0.717, 1.165) is 22.9 Å². The molecule has 1 amide bonds. The maximum atomic E-state index is 12.1. The van der Waals surface area contributed by atoms with Gasteiger partial charge in [0.2, 0.25) is 0 Å². The molecule has 1 aliphatic rings. The third-order valence-corrected chi connectivity index (χ3v) is 6.39. The molecule has 9 heteroatoms. The fourth-order valence-corrected chi connectivity index (χ4v) is 4.68. The van der Waals surface area contributed by atoms with Crippen LogP contribution < -0.4 is 10.2 Å². The molecule has 4 aromatic heterocycles. The highest BCUT2D eigenvalue weighted by atomic mass is 16.1. The first-order chi connectivity index (χ1) is 15.9. The predicted molar refractivity (Wildman–Crippen MR) is 129 cm³/mol. The van der Waals surface area contributed by atoms with Crippen LogP contribution in [-0.2, 0) is 13.6 Å². The molecule has 1 N–H and O–H groups in total. The molecule has 33 heavy (non-hydrogen) atoms. The van der Waals surface area contributed by atoms with Crippen molar-refractivity contribution in [3.63, 3.8) is 0 Å². The molecule has 172 valence electrons. The summed E-state index contributed by atoms with van der Waals surface area (Å²) in [7, 11) is 3.50. The molecule has 5 heterocycles. The highest BCUT2D eigenvalue weighted by Crippen LogP contribution is 2.31. The molecular formula is C24H30N8O. The zero-order chi connectivity index (χ0) is 23.1. The number of carbonyl (C=O) groups excluding carboxylic acids is 1. The number of anilines is 1. The second kappa shape index (κ2) is 8.31. The first-order valence-corrected chi connectivity index (χ1v) is 11.3. The van der Waals surface area contributed by atoms with E-state index in [4.69, 9.17) is 9.97 Å². The van der Waals surface area contributed by atoms with E-state index in [0.29, 0.717) is 35.4 Å². The number of hydrogen-bond donors (Lipinski definition) is 1. The van der Waals surface area contributed by atoms with Gasteiger partial charge in [0.05, 0.1) is 17.8 Å². The molecule has 1 aliphatic heterocycles. The Balaban J connectivity index is 0.00000274. The summed E-state index contributed by atoms with van der Waals surface area (Å²) in [5.41, 5.74) is 3.64. The van der Waals surface area contributed by atoms with Crippen LogP contribution in [0.1, 0.15) is 44.2 Å². The van der Waals surface area contributed by atoms with E-state index in [1.54, 1.807) is 24.0 Å². The maximum absolute atomic E-state index is 12.1. The first-order valence-electron chi connectivity index (χ1n) is 11.3. The van der Waals surface area contributed by atoms with E-state index in [1.165, 1.54) is 12.8 Å². The lowest BCUT2D eigenvalue weighted by molar-refractivity contribution is 0.0963. The maximum Gasteiger partial charge on any atom is 0.252 e. The summed E-state index contributed by atoms with van der Waals surface area (Å²) >= 11 is 0. The average molecular weight is 447 g/mol. The van der Waals surface area contributed by atoms with Gasteiger partial charge in [-0.2, -0.15) is 5.10 Å². The zero-order valence-corrected chi connectivity index (χ0v) is 19.4. The predicted octanol–water partition coefficient (Wildman–Crippen LogP) is 3.26. The molecule has 2 atom stereocenters. The third-order valence-electron chi connectivity index (χ3n) is 6.39. The van der Waals surface area contributed by atoms with Crippen LogP contribution in [0.4, 0.5) is 5.82 Å². The lowest BCUT2D eigenvalue weighted by Gasteiger charge is -2.27. The summed E-state index contributed by atoms with van der Waals surface area (Å²) in [6.45, 7) is 5.02. The minimum absolute atomic E-state index is 0. The standard InChI is InChI=1S/C24H28N8O.H2/c1-15-5-6-16(2)32(15)21-8-7-17(12-26-21)22-28-20-11-18(24(33)25-3)13-27-23(20)31(22)14-19-9-10-30(4)29-19;/h7-13,15-16H,5-6,14H2,1-4H3,(H,25,33);1H/t15-,16-;/m0./s1. The van der Waals surface area contributed by atoms with Crippen LogP contribution in [0.25, 0.3) is 22.6 Å². The summed E-state index contributed by atoms with van der Waals surface area (Å²) in [6.07, 6.45) is 7.75. The van der Waals surface area contributed by atoms with Crippen molar-refractivity contribution in [1.82, 2.24) is 34.6 Å². The number of carbonyl (C=O) groups is 1. The molecule has 0 aliphatic carbocycles. The molecule has 4 aromatic rings. The van der Waals surface area contributed by atoms with Gasteiger partial charge in [-0.25, -0.2) is 15.0 Å². The second-order valence-corrected chi connectivity index (χ2v) is 8.74. The second-order valence-electron chi connectivity index (χ2n) is 8.74. The van der Waals surface area contributed by atoms with Crippen LogP contribution in [0.5, 0.6) is 0 Å². The zero-order valence-electron chi connectivity index (χ0n) is 19.4. The summed E-state index contributed by atoms with van der Waals surface area (Å²) in [4.78, 5) is 28.7. The Morgan fingerprint density at radius 2 is 1.94 bits per heavy atom. The molecule has 1 saturated heterocycles. The lowest BCUT2D eigenvalue weighted by atomic mass is 10.2. The van der Waals surface area contributed by atoms with Gasteiger partial charge in [0.15, 0.2) is 5.65 Å². The molecule has 0 unspecified atom stereocenters. The van der Waals surface area contributed by atoms with E-state index < -0.39 is 0 Å². The van der Waals surface area contributed by atoms with E-state index in [9.17, 15) is 4.79 Å². The smallest absolute Gasteiger partial charge is 0.252 e. The van der Waals surface area contributed by atoms with Crippen LogP contribution >= 0.6 is 0 Å². The van der Waals surface area contributed by atoms with Gasteiger partial charge >= 0.3 is 0 Å². The van der Waals surface area contributed by atoms with Crippen LogP contribution in [-0.4, -0.2) is 54.3 Å². The number of rotatable bonds is 5. The van der Waals surface area contributed by atoms with E-state index in [-0.39, 0.29) is 7.33 Å². The monoisotopic (exact) mass is 446 g/mol. The Kier molecular flexibility index (Phi) is 5.32. The Morgan fingerprint density at radius 1 is 1.15 bits per heavy atom. The normalized spacial score (nSPS) is 18.2. The SMILES string of the molecule is CNC(=O)c1cnc2c(c1)nc(-c1ccc(N3[C@@H](C)CC[C@@H]3C)nc1)n2Cc1ccn(C)n1.[HH]. The van der Waals surface area contributed by atoms with Crippen molar-refractivity contribution >= 4 is 22.9 Å². The van der Waals surface area contributed by atoms with Gasteiger partial charge in [-0.3, -0.25) is 9.48 Å². The Bertz CT molecular complexity index is 1300. The highest BCUT2D eigenvalue weighted by Gasteiger charge is 2.28. The van der Waals surface area contributed by atoms with Crippen LogP contribution in [0.2, 0.25) is 0 Å². The van der Waals surface area contributed by atoms with Gasteiger partial charge in [-0.1, -0.05) is 0 Å². The van der Waals surface area contributed by atoms with Crippen molar-refractivity contribution in [2.75, 3.05) is 11.9 Å². The lowest BCUT2D eigenvalue weighted by Crippen LogP contribution is -2.33. The summed E-state index contributed by atoms with van der Waals surface area (Å²) in [5, 5.41) is 7.16. The van der Waals surface area contributed by atoms with Gasteiger partial charge in [-0.05, 0) is 51.0 Å². The van der Waals surface area contributed by atoms with Crippen molar-refractivity contribution in [1.29, 1.82) is 0 Å². The molecule has 0 spiro atoms. The first kappa shape index (κ1) is 21.1. The molecular weight excluding hydrogens is 416 g/mol. The van der Waals surface area contributed by atoms with Gasteiger partial charge < -0.3 is 14.8 Å². The number of pyridine rings is 2. The highest BCUT2D eigenvalue weighted by molar-refractivity contribution is 5.96. The van der Waals surface area contributed by atoms with Gasteiger partial charge in [0, 0.05) is 51.8 Å². The van der Waals surface area contributed by atoms with Gasteiger partial charge in [0.25, 0.3) is 5.91 Å². The number of nitrogens with one attached hydrogen (secondary N) is 1.